The minimum Gasteiger partial charge on any atom is -0.494 e. The Kier molecular flexibility index (Phi) is 8.17. The number of amides is 1. The van der Waals surface area contributed by atoms with Crippen LogP contribution in [0.4, 0.5) is 0 Å². The van der Waals surface area contributed by atoms with Crippen molar-refractivity contribution in [2.24, 2.45) is 0 Å². The van der Waals surface area contributed by atoms with Crippen molar-refractivity contribution in [1.29, 1.82) is 0 Å². The van der Waals surface area contributed by atoms with Gasteiger partial charge in [-0.2, -0.15) is 0 Å². The van der Waals surface area contributed by atoms with Crippen molar-refractivity contribution in [3.8, 4) is 5.75 Å². The Morgan fingerprint density at radius 1 is 1.12 bits per heavy atom. The van der Waals surface area contributed by atoms with Crippen molar-refractivity contribution in [1.82, 2.24) is 14.5 Å². The molecule has 0 radical (unpaired) electrons. The van der Waals surface area contributed by atoms with Crippen molar-refractivity contribution in [3.05, 3.63) is 24.3 Å². The van der Waals surface area contributed by atoms with Gasteiger partial charge in [-0.15, -0.1) is 0 Å². The first kappa shape index (κ1) is 20.4. The summed E-state index contributed by atoms with van der Waals surface area (Å²) in [4.78, 5) is 15.4. The Morgan fingerprint density at radius 2 is 1.75 bits per heavy atom. The molecule has 0 aliphatic rings. The molecule has 0 aromatic heterocycles. The molecule has 1 aromatic carbocycles. The topological polar surface area (TPSA) is 79.0 Å². The van der Waals surface area contributed by atoms with Gasteiger partial charge < -0.3 is 14.5 Å². The quantitative estimate of drug-likeness (QED) is 0.669. The SMILES string of the molecule is CCOc1ccc(S(=O)(=O)NCCN(CCN(C)C)C(C)=O)cc1. The number of nitrogens with zero attached hydrogens (tertiary/aromatic N) is 2. The highest BCUT2D eigenvalue weighted by Crippen LogP contribution is 2.15. The summed E-state index contributed by atoms with van der Waals surface area (Å²) in [6.07, 6.45) is 0. The molecular formula is C16H27N3O4S. The summed E-state index contributed by atoms with van der Waals surface area (Å²) in [6.45, 7) is 5.67. The molecule has 1 N–H and O–H groups in total. The number of hydrogen-bond acceptors (Lipinski definition) is 5. The summed E-state index contributed by atoms with van der Waals surface area (Å²) in [5.41, 5.74) is 0. The van der Waals surface area contributed by atoms with E-state index in [1.807, 2.05) is 25.9 Å². The largest absolute Gasteiger partial charge is 0.494 e. The number of nitrogens with one attached hydrogen (secondary N) is 1. The molecule has 24 heavy (non-hydrogen) atoms. The van der Waals surface area contributed by atoms with Gasteiger partial charge in [-0.1, -0.05) is 0 Å². The molecule has 0 unspecified atom stereocenters. The number of rotatable bonds is 10. The summed E-state index contributed by atoms with van der Waals surface area (Å²) in [6, 6.07) is 6.25. The molecule has 0 fully saturated rings. The first-order chi connectivity index (χ1) is 11.3. The fourth-order valence-corrected chi connectivity index (χ4v) is 3.05. The van der Waals surface area contributed by atoms with E-state index in [1.165, 1.54) is 19.1 Å². The highest BCUT2D eigenvalue weighted by atomic mass is 32.2. The molecule has 0 bridgehead atoms. The molecule has 136 valence electrons. The normalized spacial score (nSPS) is 11.5. The molecule has 7 nitrogen and oxygen atoms in total. The zero-order chi connectivity index (χ0) is 18.2. The zero-order valence-electron chi connectivity index (χ0n) is 14.8. The summed E-state index contributed by atoms with van der Waals surface area (Å²) >= 11 is 0. The van der Waals surface area contributed by atoms with Crippen molar-refractivity contribution in [2.75, 3.05) is 46.9 Å². The van der Waals surface area contributed by atoms with Crippen LogP contribution in [0.3, 0.4) is 0 Å². The third-order valence-electron chi connectivity index (χ3n) is 3.38. The molecule has 1 amide bonds. The van der Waals surface area contributed by atoms with Gasteiger partial charge in [0, 0.05) is 33.1 Å². The Labute approximate surface area is 144 Å². The van der Waals surface area contributed by atoms with E-state index in [-0.39, 0.29) is 17.3 Å². The lowest BCUT2D eigenvalue weighted by Gasteiger charge is -2.23. The number of ether oxygens (including phenoxy) is 1. The van der Waals surface area contributed by atoms with Gasteiger partial charge in [-0.3, -0.25) is 4.79 Å². The summed E-state index contributed by atoms with van der Waals surface area (Å²) in [5, 5.41) is 0. The average molecular weight is 357 g/mol. The first-order valence-corrected chi connectivity index (χ1v) is 9.37. The third kappa shape index (κ3) is 6.86. The molecule has 0 spiro atoms. The Hall–Kier alpha value is -1.64. The molecule has 1 aromatic rings. The van der Waals surface area contributed by atoms with Gasteiger partial charge >= 0.3 is 0 Å². The minimum absolute atomic E-state index is 0.0721. The summed E-state index contributed by atoms with van der Waals surface area (Å²) in [5.74, 6) is 0.556. The van der Waals surface area contributed by atoms with Crippen LogP contribution in [0.5, 0.6) is 5.75 Å². The van der Waals surface area contributed by atoms with Crippen LogP contribution in [0.25, 0.3) is 0 Å². The van der Waals surface area contributed by atoms with E-state index >= 15 is 0 Å². The van der Waals surface area contributed by atoms with Gasteiger partial charge in [0.15, 0.2) is 0 Å². The van der Waals surface area contributed by atoms with Gasteiger partial charge in [0.1, 0.15) is 5.75 Å². The van der Waals surface area contributed by atoms with E-state index in [9.17, 15) is 13.2 Å². The number of hydrogen-bond donors (Lipinski definition) is 1. The number of carbonyl (C=O) groups excluding carboxylic acids is 1. The van der Waals surface area contributed by atoms with Gasteiger partial charge in [-0.05, 0) is 45.3 Å². The van der Waals surface area contributed by atoms with Gasteiger partial charge in [0.25, 0.3) is 0 Å². The van der Waals surface area contributed by atoms with Crippen LogP contribution in [0.1, 0.15) is 13.8 Å². The van der Waals surface area contributed by atoms with Crippen LogP contribution in [0.2, 0.25) is 0 Å². The fourth-order valence-electron chi connectivity index (χ4n) is 2.03. The summed E-state index contributed by atoms with van der Waals surface area (Å²) < 4.78 is 32.3. The van der Waals surface area contributed by atoms with Crippen LogP contribution in [0.15, 0.2) is 29.2 Å². The molecule has 0 aliphatic heterocycles. The minimum atomic E-state index is -3.60. The van der Waals surface area contributed by atoms with Gasteiger partial charge in [0.05, 0.1) is 11.5 Å². The van der Waals surface area contributed by atoms with Gasteiger partial charge in [0.2, 0.25) is 15.9 Å². The van der Waals surface area contributed by atoms with Crippen molar-refractivity contribution in [2.45, 2.75) is 18.7 Å². The van der Waals surface area contributed by atoms with Crippen LogP contribution >= 0.6 is 0 Å². The maximum atomic E-state index is 12.3. The van der Waals surface area contributed by atoms with E-state index < -0.39 is 10.0 Å². The molecule has 8 heteroatoms. The Bertz CT molecular complexity index is 615. The molecule has 0 saturated heterocycles. The molecule has 0 heterocycles. The van der Waals surface area contributed by atoms with E-state index in [0.29, 0.717) is 25.4 Å². The Morgan fingerprint density at radius 3 is 2.25 bits per heavy atom. The van der Waals surface area contributed by atoms with E-state index in [1.54, 1.807) is 17.0 Å². The van der Waals surface area contributed by atoms with Crippen molar-refractivity contribution < 1.29 is 17.9 Å². The number of benzene rings is 1. The molecule has 0 saturated carbocycles. The second-order valence-electron chi connectivity index (χ2n) is 5.61. The first-order valence-electron chi connectivity index (χ1n) is 7.89. The lowest BCUT2D eigenvalue weighted by molar-refractivity contribution is -0.128. The molecule has 0 aliphatic carbocycles. The highest BCUT2D eigenvalue weighted by Gasteiger charge is 2.15. The van der Waals surface area contributed by atoms with Crippen LogP contribution in [0, 0.1) is 0 Å². The molecule has 0 atom stereocenters. The smallest absolute Gasteiger partial charge is 0.240 e. The van der Waals surface area contributed by atoms with Crippen LogP contribution < -0.4 is 9.46 Å². The van der Waals surface area contributed by atoms with E-state index in [0.717, 1.165) is 6.54 Å². The second kappa shape index (κ2) is 9.61. The predicted molar refractivity (Wildman–Crippen MR) is 93.6 cm³/mol. The number of carbonyl (C=O) groups is 1. The number of sulfonamides is 1. The monoisotopic (exact) mass is 357 g/mol. The lowest BCUT2D eigenvalue weighted by Crippen LogP contribution is -2.40. The maximum absolute atomic E-state index is 12.3. The van der Waals surface area contributed by atoms with Crippen LogP contribution in [-0.2, 0) is 14.8 Å². The molecule has 1 rings (SSSR count). The van der Waals surface area contributed by atoms with E-state index in [2.05, 4.69) is 4.72 Å². The predicted octanol–water partition coefficient (Wildman–Crippen LogP) is 0.774. The second-order valence-corrected chi connectivity index (χ2v) is 7.38. The Balaban J connectivity index is 2.58. The lowest BCUT2D eigenvalue weighted by atomic mass is 10.3. The van der Waals surface area contributed by atoms with E-state index in [4.69, 9.17) is 4.74 Å². The number of likely N-dealkylation sites (N-methyl/N-ethyl adjacent to an activating group) is 1. The third-order valence-corrected chi connectivity index (χ3v) is 4.86. The highest BCUT2D eigenvalue weighted by molar-refractivity contribution is 7.89. The summed E-state index contributed by atoms with van der Waals surface area (Å²) in [7, 11) is 0.249. The van der Waals surface area contributed by atoms with Crippen molar-refractivity contribution >= 4 is 15.9 Å². The average Bonchev–Trinajstić information content (AvgIpc) is 2.51. The van der Waals surface area contributed by atoms with Gasteiger partial charge in [-0.25, -0.2) is 13.1 Å². The fraction of sp³-hybridized carbons (Fsp3) is 0.562. The van der Waals surface area contributed by atoms with Crippen molar-refractivity contribution in [3.63, 3.8) is 0 Å². The standard InChI is InChI=1S/C16H27N3O4S/c1-5-23-15-6-8-16(9-7-15)24(21,22)17-10-11-19(14(2)20)13-12-18(3)4/h6-9,17H,5,10-13H2,1-4H3. The molecular weight excluding hydrogens is 330 g/mol. The van der Waals surface area contributed by atoms with Crippen LogP contribution in [-0.4, -0.2) is 71.0 Å². The maximum Gasteiger partial charge on any atom is 0.240 e. The zero-order valence-corrected chi connectivity index (χ0v) is 15.6.